The number of para-hydroxylation sites is 3. The number of aromatic nitrogens is 2. The van der Waals surface area contributed by atoms with Crippen LogP contribution in [-0.4, -0.2) is 9.55 Å². The minimum Gasteiger partial charge on any atom is -0.457 e. The second-order valence-electron chi connectivity index (χ2n) is 16.9. The van der Waals surface area contributed by atoms with Crippen LogP contribution in [0.1, 0.15) is 79.0 Å². The fourth-order valence-electron chi connectivity index (χ4n) is 6.62. The highest BCUT2D eigenvalue weighted by molar-refractivity contribution is 6.09. The molecule has 0 aliphatic carbocycles. The van der Waals surface area contributed by atoms with Crippen molar-refractivity contribution >= 4 is 44.6 Å². The van der Waals surface area contributed by atoms with Crippen LogP contribution in [0, 0.1) is 0 Å². The lowest BCUT2D eigenvalue weighted by Crippen LogP contribution is -2.16. The molecule has 2 heterocycles. The highest BCUT2D eigenvalue weighted by atomic mass is 16.5. The van der Waals surface area contributed by atoms with Crippen molar-refractivity contribution in [2.24, 2.45) is 0 Å². The Labute approximate surface area is 308 Å². The van der Waals surface area contributed by atoms with Crippen molar-refractivity contribution in [1.82, 2.24) is 9.55 Å². The summed E-state index contributed by atoms with van der Waals surface area (Å²) in [6, 6.07) is 42.5. The largest absolute Gasteiger partial charge is 0.457 e. The first-order chi connectivity index (χ1) is 24.6. The van der Waals surface area contributed by atoms with Gasteiger partial charge in [0.1, 0.15) is 17.3 Å². The molecule has 0 aliphatic rings. The van der Waals surface area contributed by atoms with E-state index in [4.69, 9.17) is 9.72 Å². The van der Waals surface area contributed by atoms with Gasteiger partial charge in [0.05, 0.1) is 22.4 Å². The number of hydrogen-bond acceptors (Lipinski definition) is 4. The minimum atomic E-state index is 0.00741. The van der Waals surface area contributed by atoms with Crippen LogP contribution in [0.2, 0.25) is 0 Å². The van der Waals surface area contributed by atoms with Gasteiger partial charge in [-0.05, 0) is 99.7 Å². The molecule has 52 heavy (non-hydrogen) atoms. The molecule has 0 unspecified atom stereocenters. The number of ether oxygens (including phenoxy) is 1. The quantitative estimate of drug-likeness (QED) is 0.175. The highest BCUT2D eigenvalue weighted by Gasteiger charge is 2.21. The van der Waals surface area contributed by atoms with Crippen LogP contribution in [0.25, 0.3) is 27.6 Å². The van der Waals surface area contributed by atoms with Crippen molar-refractivity contribution in [2.45, 2.75) is 78.6 Å². The third kappa shape index (κ3) is 7.27. The van der Waals surface area contributed by atoms with E-state index in [0.717, 1.165) is 56.5 Å². The number of nitrogens with zero attached hydrogens (tertiary/aromatic N) is 2. The Hall–Kier alpha value is -5.55. The molecule has 0 bridgehead atoms. The molecule has 0 spiro atoms. The molecule has 264 valence electrons. The lowest BCUT2D eigenvalue weighted by Gasteiger charge is -2.26. The molecule has 0 fully saturated rings. The van der Waals surface area contributed by atoms with E-state index >= 15 is 0 Å². The summed E-state index contributed by atoms with van der Waals surface area (Å²) < 4.78 is 8.80. The van der Waals surface area contributed by atoms with Gasteiger partial charge in [-0.25, -0.2) is 4.98 Å². The Morgan fingerprint density at radius 3 is 1.75 bits per heavy atom. The molecule has 0 saturated heterocycles. The van der Waals surface area contributed by atoms with Gasteiger partial charge in [0, 0.05) is 40.5 Å². The number of anilines is 4. The zero-order chi connectivity index (χ0) is 36.8. The average Bonchev–Trinajstić information content (AvgIpc) is 3.42. The van der Waals surface area contributed by atoms with Gasteiger partial charge >= 0.3 is 0 Å². The van der Waals surface area contributed by atoms with E-state index in [-0.39, 0.29) is 16.2 Å². The van der Waals surface area contributed by atoms with E-state index < -0.39 is 0 Å². The molecule has 0 radical (unpaired) electrons. The fourth-order valence-corrected chi connectivity index (χ4v) is 6.62. The normalized spacial score (nSPS) is 12.3. The summed E-state index contributed by atoms with van der Waals surface area (Å²) in [7, 11) is 0. The van der Waals surface area contributed by atoms with E-state index in [1.54, 1.807) is 0 Å². The standard InChI is InChI=1S/C47H50N4O/c1-45(2,3)31-23-24-48-44(28-31)51-42-20-13-10-17-38(42)39-22-21-37(30-43(39)51)52-36-16-14-15-34(29-36)49-40-18-11-12-19-41(40)50-35-26-32(46(4,5)6)25-33(27-35)47(7,8)9/h10-30,49-50H,1-9H3. The Morgan fingerprint density at radius 2 is 1.08 bits per heavy atom. The van der Waals surface area contributed by atoms with E-state index in [9.17, 15) is 0 Å². The molecule has 0 aliphatic heterocycles. The van der Waals surface area contributed by atoms with Gasteiger partial charge in [0.25, 0.3) is 0 Å². The van der Waals surface area contributed by atoms with Crippen LogP contribution in [-0.2, 0) is 16.2 Å². The zero-order valence-electron chi connectivity index (χ0n) is 31.9. The summed E-state index contributed by atoms with van der Waals surface area (Å²) in [5.41, 5.74) is 10.1. The number of benzene rings is 5. The molecule has 5 nitrogen and oxygen atoms in total. The smallest absolute Gasteiger partial charge is 0.137 e. The molecule has 7 rings (SSSR count). The number of hydrogen-bond donors (Lipinski definition) is 2. The van der Waals surface area contributed by atoms with Gasteiger partial charge in [-0.2, -0.15) is 0 Å². The zero-order valence-corrected chi connectivity index (χ0v) is 31.9. The number of nitrogens with one attached hydrogen (secondary N) is 2. The Balaban J connectivity index is 1.19. The van der Waals surface area contributed by atoms with Crippen LogP contribution in [0.4, 0.5) is 22.7 Å². The number of pyridine rings is 1. The van der Waals surface area contributed by atoms with Crippen LogP contribution < -0.4 is 15.4 Å². The first-order valence-electron chi connectivity index (χ1n) is 18.2. The summed E-state index contributed by atoms with van der Waals surface area (Å²) in [5.74, 6) is 2.41. The Kier molecular flexibility index (Phi) is 8.86. The minimum absolute atomic E-state index is 0.00741. The maximum Gasteiger partial charge on any atom is 0.137 e. The van der Waals surface area contributed by atoms with E-state index in [0.29, 0.717) is 0 Å². The predicted octanol–water partition coefficient (Wildman–Crippen LogP) is 13.4. The number of rotatable bonds is 7. The molecule has 5 heteroatoms. The van der Waals surface area contributed by atoms with Crippen molar-refractivity contribution < 1.29 is 4.74 Å². The summed E-state index contributed by atoms with van der Waals surface area (Å²) in [5, 5.41) is 9.72. The second-order valence-corrected chi connectivity index (χ2v) is 16.9. The number of fused-ring (bicyclic) bond motifs is 3. The SMILES string of the molecule is CC(C)(C)c1cc(Nc2ccccc2Nc2cccc(Oc3ccc4c5ccccc5n(-c5cc(C(C)(C)C)ccn5)c4c3)c2)cc(C(C)(C)C)c1. The van der Waals surface area contributed by atoms with Crippen LogP contribution in [0.5, 0.6) is 11.5 Å². The van der Waals surface area contributed by atoms with Gasteiger partial charge in [0.15, 0.2) is 0 Å². The van der Waals surface area contributed by atoms with Crippen LogP contribution >= 0.6 is 0 Å². The summed E-state index contributed by atoms with van der Waals surface area (Å²) >= 11 is 0. The van der Waals surface area contributed by atoms with Gasteiger partial charge < -0.3 is 15.4 Å². The first-order valence-corrected chi connectivity index (χ1v) is 18.2. The Bertz CT molecular complexity index is 2370. The van der Waals surface area contributed by atoms with Crippen molar-refractivity contribution in [3.05, 3.63) is 144 Å². The molecule has 7 aromatic rings. The monoisotopic (exact) mass is 686 g/mol. The Morgan fingerprint density at radius 1 is 0.481 bits per heavy atom. The van der Waals surface area contributed by atoms with Gasteiger partial charge in [-0.15, -0.1) is 0 Å². The van der Waals surface area contributed by atoms with Gasteiger partial charge in [-0.1, -0.05) is 105 Å². The van der Waals surface area contributed by atoms with Crippen LogP contribution in [0.15, 0.2) is 128 Å². The van der Waals surface area contributed by atoms with Crippen molar-refractivity contribution in [3.63, 3.8) is 0 Å². The predicted molar refractivity (Wildman–Crippen MR) is 221 cm³/mol. The highest BCUT2D eigenvalue weighted by Crippen LogP contribution is 2.38. The molecule has 0 amide bonds. The fraction of sp³-hybridized carbons (Fsp3) is 0.255. The third-order valence-electron chi connectivity index (χ3n) is 9.71. The van der Waals surface area contributed by atoms with Gasteiger partial charge in [-0.3, -0.25) is 4.57 Å². The van der Waals surface area contributed by atoms with Crippen molar-refractivity contribution in [3.8, 4) is 17.3 Å². The summed E-state index contributed by atoms with van der Waals surface area (Å²) in [4.78, 5) is 4.83. The first kappa shape index (κ1) is 34.9. The van der Waals surface area contributed by atoms with E-state index in [1.165, 1.54) is 22.1 Å². The molecule has 2 aromatic heterocycles. The lowest BCUT2D eigenvalue weighted by atomic mass is 9.80. The molecular weight excluding hydrogens is 637 g/mol. The van der Waals surface area contributed by atoms with Crippen molar-refractivity contribution in [1.29, 1.82) is 0 Å². The molecule has 2 N–H and O–H groups in total. The maximum absolute atomic E-state index is 6.56. The van der Waals surface area contributed by atoms with Crippen LogP contribution in [0.3, 0.4) is 0 Å². The van der Waals surface area contributed by atoms with E-state index in [2.05, 4.69) is 181 Å². The van der Waals surface area contributed by atoms with E-state index in [1.807, 2.05) is 24.4 Å². The molecular formula is C47H50N4O. The molecule has 0 saturated carbocycles. The summed E-state index contributed by atoms with van der Waals surface area (Å²) in [6.07, 6.45) is 1.91. The van der Waals surface area contributed by atoms with Gasteiger partial charge in [0.2, 0.25) is 0 Å². The average molecular weight is 687 g/mol. The lowest BCUT2D eigenvalue weighted by molar-refractivity contribution is 0.483. The maximum atomic E-state index is 6.56. The third-order valence-corrected chi connectivity index (χ3v) is 9.71. The summed E-state index contributed by atoms with van der Waals surface area (Å²) in [6.45, 7) is 20.3. The van der Waals surface area contributed by atoms with Crippen molar-refractivity contribution in [2.75, 3.05) is 10.6 Å². The topological polar surface area (TPSA) is 51.1 Å². The molecule has 0 atom stereocenters. The molecule has 5 aromatic carbocycles. The second kappa shape index (κ2) is 13.2.